The van der Waals surface area contributed by atoms with Gasteiger partial charge >= 0.3 is 19.1 Å². The van der Waals surface area contributed by atoms with E-state index < -0.39 is 66.1 Å². The molecular formula is C17H20BF2NO7. The maximum absolute atomic E-state index is 14.2. The number of hydrogen-bond acceptors (Lipinski definition) is 7. The Kier molecular flexibility index (Phi) is 6.28. The fourth-order valence-electron chi connectivity index (χ4n) is 2.47. The highest BCUT2D eigenvalue weighted by molar-refractivity contribution is 6.47. The molecule has 0 fully saturated rings. The van der Waals surface area contributed by atoms with E-state index in [9.17, 15) is 28.2 Å². The number of amides is 1. The van der Waals surface area contributed by atoms with Crippen LogP contribution in [0, 0.1) is 17.0 Å². The summed E-state index contributed by atoms with van der Waals surface area (Å²) in [5.74, 6) is -6.31. The Bertz CT molecular complexity index is 810. The first-order valence-corrected chi connectivity index (χ1v) is 8.39. The van der Waals surface area contributed by atoms with Gasteiger partial charge in [-0.1, -0.05) is 0 Å². The summed E-state index contributed by atoms with van der Waals surface area (Å²) in [5, 5.41) is 12.3. The van der Waals surface area contributed by atoms with E-state index in [4.69, 9.17) is 14.1 Å². The lowest BCUT2D eigenvalue weighted by atomic mass is 9.72. The minimum Gasteiger partial charge on any atom is -0.534 e. The van der Waals surface area contributed by atoms with Crippen molar-refractivity contribution in [1.82, 2.24) is 5.32 Å². The number of carbonyl (C=O) groups excluding carboxylic acids is 3. The Morgan fingerprint density at radius 1 is 1.32 bits per heavy atom. The van der Waals surface area contributed by atoms with Crippen molar-refractivity contribution in [3.63, 3.8) is 0 Å². The maximum Gasteiger partial charge on any atom is 0.547 e. The van der Waals surface area contributed by atoms with Crippen LogP contribution in [0.15, 0.2) is 6.07 Å². The van der Waals surface area contributed by atoms with Gasteiger partial charge in [-0.2, -0.15) is 0 Å². The van der Waals surface area contributed by atoms with Crippen molar-refractivity contribution >= 4 is 25.0 Å². The van der Waals surface area contributed by atoms with Gasteiger partial charge in [-0.15, -0.1) is 0 Å². The molecule has 0 radical (unpaired) electrons. The van der Waals surface area contributed by atoms with Gasteiger partial charge in [-0.25, -0.2) is 13.6 Å². The summed E-state index contributed by atoms with van der Waals surface area (Å²) in [6, 6.07) is 0.563. The van der Waals surface area contributed by atoms with E-state index in [-0.39, 0.29) is 12.0 Å². The molecule has 152 valence electrons. The summed E-state index contributed by atoms with van der Waals surface area (Å²) >= 11 is 0. The van der Waals surface area contributed by atoms with Crippen LogP contribution in [0.2, 0.25) is 0 Å². The van der Waals surface area contributed by atoms with E-state index in [1.54, 1.807) is 20.8 Å². The highest BCUT2D eigenvalue weighted by Gasteiger charge is 2.40. The molecule has 1 aromatic carbocycles. The molecule has 2 N–H and O–H groups in total. The predicted octanol–water partition coefficient (Wildman–Crippen LogP) is 1.13. The molecule has 0 saturated heterocycles. The van der Waals surface area contributed by atoms with Gasteiger partial charge in [0.05, 0.1) is 11.4 Å². The number of carbonyl (C=O) groups is 3. The van der Waals surface area contributed by atoms with Gasteiger partial charge in [-0.05, 0) is 33.3 Å². The maximum atomic E-state index is 14.2. The predicted molar refractivity (Wildman–Crippen MR) is 92.1 cm³/mol. The van der Waals surface area contributed by atoms with Crippen molar-refractivity contribution in [1.29, 1.82) is 0 Å². The van der Waals surface area contributed by atoms with E-state index >= 15 is 0 Å². The fraction of sp³-hybridized carbons (Fsp3) is 0.471. The van der Waals surface area contributed by atoms with E-state index in [1.807, 2.05) is 0 Å². The third kappa shape index (κ3) is 4.77. The third-order valence-electron chi connectivity index (χ3n) is 3.87. The van der Waals surface area contributed by atoms with Crippen molar-refractivity contribution in [3.8, 4) is 5.75 Å². The SMILES string of the molecule is CC(=O)N[C@H]1Cc2c(F)c(F)cc(C(=O)OCOC(=O)C(C)(C)C)c2OB1O. The number of fused-ring (bicyclic) bond motifs is 1. The molecule has 1 aliphatic rings. The molecule has 1 aliphatic heterocycles. The number of esters is 2. The molecule has 0 saturated carbocycles. The molecule has 8 nitrogen and oxygen atoms in total. The average molecular weight is 399 g/mol. The monoisotopic (exact) mass is 399 g/mol. The van der Waals surface area contributed by atoms with E-state index in [0.29, 0.717) is 6.07 Å². The highest BCUT2D eigenvalue weighted by atomic mass is 19.2. The molecule has 0 aliphatic carbocycles. The number of hydrogen-bond donors (Lipinski definition) is 2. The Balaban J connectivity index is 2.22. The van der Waals surface area contributed by atoms with Gasteiger partial charge in [0.2, 0.25) is 12.7 Å². The summed E-state index contributed by atoms with van der Waals surface area (Å²) in [6.07, 6.45) is -0.307. The van der Waals surface area contributed by atoms with Crippen molar-refractivity contribution in [2.24, 2.45) is 5.41 Å². The van der Waals surface area contributed by atoms with Crippen LogP contribution in [-0.4, -0.2) is 42.7 Å². The first-order chi connectivity index (χ1) is 12.9. The Morgan fingerprint density at radius 3 is 2.54 bits per heavy atom. The zero-order chi connectivity index (χ0) is 21.2. The van der Waals surface area contributed by atoms with Crippen LogP contribution in [0.1, 0.15) is 43.6 Å². The summed E-state index contributed by atoms with van der Waals surface area (Å²) in [6.45, 7) is 5.25. The zero-order valence-corrected chi connectivity index (χ0v) is 15.8. The lowest BCUT2D eigenvalue weighted by Crippen LogP contribution is -2.53. The van der Waals surface area contributed by atoms with Crippen LogP contribution >= 0.6 is 0 Å². The summed E-state index contributed by atoms with van der Waals surface area (Å²) in [4.78, 5) is 35.1. The number of halogens is 2. The second kappa shape index (κ2) is 8.13. The molecule has 1 amide bonds. The summed E-state index contributed by atoms with van der Waals surface area (Å²) in [7, 11) is -1.59. The van der Waals surface area contributed by atoms with Crippen LogP contribution in [0.4, 0.5) is 8.78 Å². The number of rotatable bonds is 4. The molecule has 1 atom stereocenters. The molecule has 1 aromatic rings. The van der Waals surface area contributed by atoms with E-state index in [1.165, 1.54) is 6.92 Å². The minimum absolute atomic E-state index is 0.307. The van der Waals surface area contributed by atoms with Gasteiger partial charge in [0, 0.05) is 12.5 Å². The van der Waals surface area contributed by atoms with E-state index in [2.05, 4.69) is 5.32 Å². The fourth-order valence-corrected chi connectivity index (χ4v) is 2.47. The van der Waals surface area contributed by atoms with Crippen LogP contribution in [0.3, 0.4) is 0 Å². The quantitative estimate of drug-likeness (QED) is 0.444. The van der Waals surface area contributed by atoms with Gasteiger partial charge in [0.1, 0.15) is 11.3 Å². The highest BCUT2D eigenvalue weighted by Crippen LogP contribution is 2.34. The average Bonchev–Trinajstić information content (AvgIpc) is 2.58. The topological polar surface area (TPSA) is 111 Å². The molecule has 11 heteroatoms. The van der Waals surface area contributed by atoms with Gasteiger partial charge in [0.25, 0.3) is 0 Å². The third-order valence-corrected chi connectivity index (χ3v) is 3.87. The standard InChI is InChI=1S/C17H20BF2NO7/c1-8(22)21-12-6-9-13(20)11(19)5-10(14(9)28-18(12)25)15(23)26-7-27-16(24)17(2,3)4/h5,12,25H,6-7H2,1-4H3,(H,21,22)/t12-/m0/s1. The number of benzene rings is 1. The normalized spacial score (nSPS) is 16.0. The van der Waals surface area contributed by atoms with Crippen molar-refractivity contribution in [3.05, 3.63) is 28.8 Å². The Hall–Kier alpha value is -2.69. The molecule has 1 heterocycles. The van der Waals surface area contributed by atoms with Crippen molar-refractivity contribution < 1.29 is 42.3 Å². The van der Waals surface area contributed by atoms with Crippen LogP contribution in [0.5, 0.6) is 5.75 Å². The van der Waals surface area contributed by atoms with Gasteiger partial charge in [-0.3, -0.25) is 9.59 Å². The first-order valence-electron chi connectivity index (χ1n) is 8.39. The minimum atomic E-state index is -1.59. The molecule has 0 bridgehead atoms. The lowest BCUT2D eigenvalue weighted by molar-refractivity contribution is -0.161. The molecule has 2 rings (SSSR count). The Labute approximate surface area is 160 Å². The summed E-state index contributed by atoms with van der Waals surface area (Å²) < 4.78 is 42.8. The Morgan fingerprint density at radius 2 is 1.96 bits per heavy atom. The molecule has 0 aromatic heterocycles. The number of nitrogens with one attached hydrogen (secondary N) is 1. The second-order valence-electron chi connectivity index (χ2n) is 7.28. The van der Waals surface area contributed by atoms with Crippen molar-refractivity contribution in [2.75, 3.05) is 6.79 Å². The zero-order valence-electron chi connectivity index (χ0n) is 15.8. The van der Waals surface area contributed by atoms with E-state index in [0.717, 1.165) is 0 Å². The number of ether oxygens (including phenoxy) is 2. The molecular weight excluding hydrogens is 379 g/mol. The van der Waals surface area contributed by atoms with Gasteiger partial charge in [0.15, 0.2) is 11.6 Å². The van der Waals surface area contributed by atoms with Crippen LogP contribution in [-0.2, 0) is 25.5 Å². The first kappa shape index (κ1) is 21.6. The summed E-state index contributed by atoms with van der Waals surface area (Å²) in [5.41, 5.74) is -1.64. The molecule has 0 unspecified atom stereocenters. The second-order valence-corrected chi connectivity index (χ2v) is 7.28. The van der Waals surface area contributed by atoms with Crippen LogP contribution < -0.4 is 9.97 Å². The largest absolute Gasteiger partial charge is 0.547 e. The van der Waals surface area contributed by atoms with Crippen LogP contribution in [0.25, 0.3) is 0 Å². The lowest BCUT2D eigenvalue weighted by Gasteiger charge is -2.29. The van der Waals surface area contributed by atoms with Gasteiger partial charge < -0.3 is 24.5 Å². The molecule has 28 heavy (non-hydrogen) atoms. The smallest absolute Gasteiger partial charge is 0.534 e. The molecule has 0 spiro atoms. The van der Waals surface area contributed by atoms with Crippen molar-refractivity contribution in [2.45, 2.75) is 40.1 Å².